The maximum absolute atomic E-state index is 12.8. The van der Waals surface area contributed by atoms with E-state index in [-0.39, 0.29) is 17.7 Å². The molecular formula is C33H34N2O2. The number of carbonyl (C=O) groups is 2. The van der Waals surface area contributed by atoms with Crippen molar-refractivity contribution in [2.75, 3.05) is 0 Å². The first-order chi connectivity index (χ1) is 18.0. The number of pyridine rings is 1. The van der Waals surface area contributed by atoms with Crippen LogP contribution in [0, 0.1) is 5.92 Å². The Balaban J connectivity index is 1.44. The summed E-state index contributed by atoms with van der Waals surface area (Å²) in [5, 5.41) is 4.21. The monoisotopic (exact) mass is 490 g/mol. The Morgan fingerprint density at radius 2 is 1.59 bits per heavy atom. The molecule has 0 atom stereocenters. The van der Waals surface area contributed by atoms with Crippen molar-refractivity contribution in [3.8, 4) is 11.1 Å². The van der Waals surface area contributed by atoms with Crippen LogP contribution in [0.5, 0.6) is 0 Å². The minimum Gasteiger partial charge on any atom is -0.349 e. The molecule has 0 saturated heterocycles. The van der Waals surface area contributed by atoms with E-state index in [2.05, 4.69) is 41.5 Å². The molecule has 3 aromatic carbocycles. The molecule has 37 heavy (non-hydrogen) atoms. The number of hydrogen-bond acceptors (Lipinski definition) is 3. The number of carbonyl (C=O) groups excluding carboxylic acids is 2. The van der Waals surface area contributed by atoms with Gasteiger partial charge in [-0.3, -0.25) is 14.6 Å². The van der Waals surface area contributed by atoms with Crippen molar-refractivity contribution in [1.82, 2.24) is 10.3 Å². The fourth-order valence-electron chi connectivity index (χ4n) is 5.34. The summed E-state index contributed by atoms with van der Waals surface area (Å²) >= 11 is 0. The largest absolute Gasteiger partial charge is 0.349 e. The molecule has 0 radical (unpaired) electrons. The lowest BCUT2D eigenvalue weighted by molar-refractivity contribution is 0.0922. The second kappa shape index (κ2) is 11.1. The van der Waals surface area contributed by atoms with Gasteiger partial charge in [0.2, 0.25) is 0 Å². The summed E-state index contributed by atoms with van der Waals surface area (Å²) in [7, 11) is 0. The van der Waals surface area contributed by atoms with Crippen molar-refractivity contribution in [2.24, 2.45) is 5.92 Å². The zero-order valence-corrected chi connectivity index (χ0v) is 21.7. The summed E-state index contributed by atoms with van der Waals surface area (Å²) in [5.41, 5.74) is 6.50. The molecule has 0 bridgehead atoms. The second-order valence-corrected chi connectivity index (χ2v) is 10.3. The third kappa shape index (κ3) is 5.64. The molecule has 0 spiro atoms. The lowest BCUT2D eigenvalue weighted by Gasteiger charge is -2.26. The van der Waals surface area contributed by atoms with Crippen LogP contribution in [0.1, 0.15) is 77.8 Å². The van der Waals surface area contributed by atoms with Crippen molar-refractivity contribution in [3.05, 3.63) is 101 Å². The molecule has 1 heterocycles. The predicted molar refractivity (Wildman–Crippen MR) is 150 cm³/mol. The number of Topliss-reactive ketones (excluding diaryl/α,β-unsaturated/α-hetero) is 1. The first-order valence-corrected chi connectivity index (χ1v) is 13.4. The molecule has 5 rings (SSSR count). The molecule has 4 heteroatoms. The van der Waals surface area contributed by atoms with Gasteiger partial charge in [0.1, 0.15) is 0 Å². The lowest BCUT2D eigenvalue weighted by Crippen LogP contribution is -2.37. The number of ketones is 1. The molecule has 1 saturated carbocycles. The van der Waals surface area contributed by atoms with Gasteiger partial charge in [0.15, 0.2) is 5.78 Å². The van der Waals surface area contributed by atoms with Crippen molar-refractivity contribution < 1.29 is 9.59 Å². The fourth-order valence-corrected chi connectivity index (χ4v) is 5.34. The molecular weight excluding hydrogens is 456 g/mol. The van der Waals surface area contributed by atoms with E-state index in [9.17, 15) is 9.59 Å². The molecule has 1 aromatic heterocycles. The highest BCUT2D eigenvalue weighted by Crippen LogP contribution is 2.30. The SMILES string of the molecule is CCC(=O)c1cnc2ccc(-c3ccc(C(=O)NC4CCC(C)CC4)cc3)cc2c1Cc1ccccc1. The van der Waals surface area contributed by atoms with Crippen LogP contribution in [0.4, 0.5) is 0 Å². The van der Waals surface area contributed by atoms with E-state index in [0.717, 1.165) is 51.9 Å². The molecule has 1 aliphatic rings. The Kier molecular flexibility index (Phi) is 7.45. The van der Waals surface area contributed by atoms with Crippen LogP contribution >= 0.6 is 0 Å². The minimum atomic E-state index is 0.00156. The topological polar surface area (TPSA) is 59.1 Å². The van der Waals surface area contributed by atoms with Crippen molar-refractivity contribution in [3.63, 3.8) is 0 Å². The van der Waals surface area contributed by atoms with Gasteiger partial charge in [0.25, 0.3) is 5.91 Å². The number of rotatable bonds is 7. The van der Waals surface area contributed by atoms with Crippen LogP contribution < -0.4 is 5.32 Å². The zero-order valence-electron chi connectivity index (χ0n) is 21.7. The van der Waals surface area contributed by atoms with Crippen molar-refractivity contribution in [2.45, 2.75) is 58.4 Å². The van der Waals surface area contributed by atoms with Crippen molar-refractivity contribution >= 4 is 22.6 Å². The molecule has 188 valence electrons. The lowest BCUT2D eigenvalue weighted by atomic mass is 9.87. The molecule has 4 aromatic rings. The zero-order chi connectivity index (χ0) is 25.8. The third-order valence-electron chi connectivity index (χ3n) is 7.66. The number of aromatic nitrogens is 1. The average Bonchev–Trinajstić information content (AvgIpc) is 2.94. The van der Waals surface area contributed by atoms with Crippen LogP contribution in [0.15, 0.2) is 79.0 Å². The number of nitrogens with one attached hydrogen (secondary N) is 1. The first kappa shape index (κ1) is 24.9. The summed E-state index contributed by atoms with van der Waals surface area (Å²) in [6, 6.07) is 24.5. The van der Waals surface area contributed by atoms with E-state index < -0.39 is 0 Å². The van der Waals surface area contributed by atoms with Gasteiger partial charge in [-0.15, -0.1) is 0 Å². The van der Waals surface area contributed by atoms with Gasteiger partial charge < -0.3 is 5.32 Å². The predicted octanol–water partition coefficient (Wildman–Crippen LogP) is 7.39. The third-order valence-corrected chi connectivity index (χ3v) is 7.66. The molecule has 0 aliphatic heterocycles. The van der Waals surface area contributed by atoms with Crippen molar-refractivity contribution in [1.29, 1.82) is 0 Å². The van der Waals surface area contributed by atoms with E-state index in [0.29, 0.717) is 24.0 Å². The highest BCUT2D eigenvalue weighted by molar-refractivity contribution is 6.02. The number of benzene rings is 3. The van der Waals surface area contributed by atoms with Gasteiger partial charge in [-0.1, -0.05) is 62.4 Å². The van der Waals surface area contributed by atoms with E-state index in [1.54, 1.807) is 6.20 Å². The average molecular weight is 491 g/mol. The van der Waals surface area contributed by atoms with E-state index in [1.165, 1.54) is 12.8 Å². The number of nitrogens with zero attached hydrogens (tertiary/aromatic N) is 1. The summed E-state index contributed by atoms with van der Waals surface area (Å²) in [5.74, 6) is 0.865. The Hall–Kier alpha value is -3.79. The van der Waals surface area contributed by atoms with Crippen LogP contribution in [0.25, 0.3) is 22.0 Å². The summed E-state index contributed by atoms with van der Waals surface area (Å²) < 4.78 is 0. The fraction of sp³-hybridized carbons (Fsp3) is 0.303. The maximum Gasteiger partial charge on any atom is 0.251 e. The minimum absolute atomic E-state index is 0.00156. The Bertz CT molecular complexity index is 1400. The van der Waals surface area contributed by atoms with Crippen LogP contribution in [-0.4, -0.2) is 22.7 Å². The van der Waals surface area contributed by atoms with Gasteiger partial charge in [-0.2, -0.15) is 0 Å². The molecule has 1 aliphatic carbocycles. The Morgan fingerprint density at radius 3 is 2.30 bits per heavy atom. The van der Waals surface area contributed by atoms with Gasteiger partial charge in [0, 0.05) is 35.2 Å². The number of hydrogen-bond donors (Lipinski definition) is 1. The maximum atomic E-state index is 12.8. The highest BCUT2D eigenvalue weighted by Gasteiger charge is 2.20. The quantitative estimate of drug-likeness (QED) is 0.275. The van der Waals surface area contributed by atoms with E-state index in [4.69, 9.17) is 0 Å². The molecule has 0 unspecified atom stereocenters. The normalized spacial score (nSPS) is 17.5. The van der Waals surface area contributed by atoms with Gasteiger partial charge in [-0.25, -0.2) is 0 Å². The molecule has 1 amide bonds. The summed E-state index contributed by atoms with van der Waals surface area (Å²) in [6.45, 7) is 4.18. The number of fused-ring (bicyclic) bond motifs is 1. The molecule has 4 nitrogen and oxygen atoms in total. The molecule has 1 N–H and O–H groups in total. The van der Waals surface area contributed by atoms with Gasteiger partial charge >= 0.3 is 0 Å². The summed E-state index contributed by atoms with van der Waals surface area (Å²) in [6.07, 6.45) is 7.32. The van der Waals surface area contributed by atoms with E-state index in [1.807, 2.05) is 55.5 Å². The first-order valence-electron chi connectivity index (χ1n) is 13.4. The Labute approximate surface area is 219 Å². The molecule has 1 fully saturated rings. The van der Waals surface area contributed by atoms with Crippen LogP contribution in [-0.2, 0) is 6.42 Å². The highest BCUT2D eigenvalue weighted by atomic mass is 16.1. The standard InChI is InChI=1S/C33H34N2O2/c1-3-32(36)30-21-34-31-18-15-26(20-29(31)28(30)19-23-7-5-4-6-8-23)24-11-13-25(14-12-24)33(37)35-27-16-9-22(2)10-17-27/h4-8,11-15,18,20-22,27H,3,9-10,16-17,19H2,1-2H3,(H,35,37). The number of amides is 1. The smallest absolute Gasteiger partial charge is 0.251 e. The van der Waals surface area contributed by atoms with Gasteiger partial charge in [-0.05, 0) is 84.5 Å². The Morgan fingerprint density at radius 1 is 0.892 bits per heavy atom. The van der Waals surface area contributed by atoms with Crippen LogP contribution in [0.2, 0.25) is 0 Å². The summed E-state index contributed by atoms with van der Waals surface area (Å²) in [4.78, 5) is 30.2. The van der Waals surface area contributed by atoms with Crippen LogP contribution in [0.3, 0.4) is 0 Å². The van der Waals surface area contributed by atoms with Gasteiger partial charge in [0.05, 0.1) is 5.52 Å². The van der Waals surface area contributed by atoms with E-state index >= 15 is 0 Å². The second-order valence-electron chi connectivity index (χ2n) is 10.3.